The van der Waals surface area contributed by atoms with Gasteiger partial charge < -0.3 is 25.6 Å². The molecule has 1 aromatic carbocycles. The van der Waals surface area contributed by atoms with Crippen molar-refractivity contribution in [3.8, 4) is 5.75 Å². The zero-order valence-corrected chi connectivity index (χ0v) is 17.6. The molecule has 0 spiro atoms. The van der Waals surface area contributed by atoms with Gasteiger partial charge in [0.15, 0.2) is 0 Å². The molecule has 0 radical (unpaired) electrons. The number of ether oxygens (including phenoxy) is 2. The Balaban J connectivity index is 1.63. The van der Waals surface area contributed by atoms with Crippen LogP contribution in [-0.4, -0.2) is 50.5 Å². The van der Waals surface area contributed by atoms with E-state index in [0.717, 1.165) is 44.7 Å². The SMILES string of the molecule is CCC(C=N)C/C(=C/Oc1ccc(N(N)CC2CC2)c(N)c1)CN1CC(OC)C1. The molecule has 1 saturated heterocycles. The van der Waals surface area contributed by atoms with Gasteiger partial charge in [-0.3, -0.25) is 4.90 Å². The number of anilines is 2. The van der Waals surface area contributed by atoms with Gasteiger partial charge in [-0.25, -0.2) is 5.84 Å². The summed E-state index contributed by atoms with van der Waals surface area (Å²) in [5, 5.41) is 9.38. The van der Waals surface area contributed by atoms with Crippen LogP contribution in [0.15, 0.2) is 30.0 Å². The lowest BCUT2D eigenvalue weighted by Gasteiger charge is -2.38. The van der Waals surface area contributed by atoms with Crippen LogP contribution < -0.4 is 21.3 Å². The van der Waals surface area contributed by atoms with Crippen LogP contribution in [0, 0.1) is 17.2 Å². The maximum atomic E-state index is 7.64. The number of methoxy groups -OCH3 is 1. The molecular weight excluding hydrogens is 366 g/mol. The molecule has 7 heteroatoms. The molecule has 1 aromatic rings. The Kier molecular flexibility index (Phi) is 7.52. The summed E-state index contributed by atoms with van der Waals surface area (Å²) in [5.74, 6) is 7.78. The largest absolute Gasteiger partial charge is 0.465 e. The summed E-state index contributed by atoms with van der Waals surface area (Å²) >= 11 is 0. The van der Waals surface area contributed by atoms with Crippen LogP contribution in [0.1, 0.15) is 32.6 Å². The smallest absolute Gasteiger partial charge is 0.128 e. The second-order valence-corrected chi connectivity index (χ2v) is 8.30. The van der Waals surface area contributed by atoms with Crippen molar-refractivity contribution < 1.29 is 9.47 Å². The number of hydrogen-bond donors (Lipinski definition) is 3. The lowest BCUT2D eigenvalue weighted by atomic mass is 9.97. The van der Waals surface area contributed by atoms with E-state index in [-0.39, 0.29) is 5.92 Å². The molecule has 1 heterocycles. The molecule has 1 saturated carbocycles. The van der Waals surface area contributed by atoms with Gasteiger partial charge in [0.1, 0.15) is 5.75 Å². The Morgan fingerprint density at radius 1 is 1.38 bits per heavy atom. The van der Waals surface area contributed by atoms with E-state index in [1.807, 2.05) is 24.5 Å². The molecule has 0 aromatic heterocycles. The van der Waals surface area contributed by atoms with Gasteiger partial charge in [-0.1, -0.05) is 6.92 Å². The molecule has 1 aliphatic carbocycles. The highest BCUT2D eigenvalue weighted by molar-refractivity contribution is 5.69. The Hall–Kier alpha value is -2.09. The van der Waals surface area contributed by atoms with Crippen LogP contribution in [0.3, 0.4) is 0 Å². The van der Waals surface area contributed by atoms with Gasteiger partial charge in [0, 0.05) is 39.4 Å². The molecule has 1 aliphatic heterocycles. The third-order valence-corrected chi connectivity index (χ3v) is 5.79. The Morgan fingerprint density at radius 2 is 2.14 bits per heavy atom. The number of nitrogens with two attached hydrogens (primary N) is 2. The van der Waals surface area contributed by atoms with E-state index in [2.05, 4.69) is 11.8 Å². The second kappa shape index (κ2) is 10.1. The standard InChI is InChI=1S/C22H35N5O2/c1-3-16(10-23)8-18(11-26-13-20(14-26)28-2)15-29-19-6-7-22(21(24)9-19)27(25)12-17-4-5-17/h6-7,9-10,15-17,20,23H,3-5,8,11-14,24-25H2,1-2H3/b18-15-,23-10?. The van der Waals surface area contributed by atoms with Gasteiger partial charge in [0.25, 0.3) is 0 Å². The summed E-state index contributed by atoms with van der Waals surface area (Å²) in [4.78, 5) is 2.33. The lowest BCUT2D eigenvalue weighted by Crippen LogP contribution is -2.52. The molecule has 160 valence electrons. The number of hydrogen-bond acceptors (Lipinski definition) is 7. The first-order valence-electron chi connectivity index (χ1n) is 10.5. The summed E-state index contributed by atoms with van der Waals surface area (Å²) in [5.41, 5.74) is 8.85. The van der Waals surface area contributed by atoms with Crippen molar-refractivity contribution >= 4 is 17.6 Å². The van der Waals surface area contributed by atoms with Gasteiger partial charge in [-0.15, -0.1) is 0 Å². The van der Waals surface area contributed by atoms with Gasteiger partial charge in [-0.05, 0) is 61.4 Å². The predicted molar refractivity (Wildman–Crippen MR) is 118 cm³/mol. The highest BCUT2D eigenvalue weighted by atomic mass is 16.5. The zero-order valence-electron chi connectivity index (χ0n) is 17.6. The van der Waals surface area contributed by atoms with E-state index in [0.29, 0.717) is 23.5 Å². The highest BCUT2D eigenvalue weighted by Gasteiger charge is 2.27. The fourth-order valence-corrected chi connectivity index (χ4v) is 3.59. The Morgan fingerprint density at radius 3 is 2.72 bits per heavy atom. The normalized spacial score (nSPS) is 18.9. The Labute approximate surface area is 174 Å². The third kappa shape index (κ3) is 6.19. The monoisotopic (exact) mass is 401 g/mol. The van der Waals surface area contributed by atoms with Crippen molar-refractivity contribution in [1.29, 1.82) is 5.41 Å². The van der Waals surface area contributed by atoms with E-state index in [4.69, 9.17) is 26.5 Å². The first kappa shape index (κ1) is 21.6. The molecule has 1 unspecified atom stereocenters. The fourth-order valence-electron chi connectivity index (χ4n) is 3.59. The molecule has 7 nitrogen and oxygen atoms in total. The maximum absolute atomic E-state index is 7.64. The molecular formula is C22H35N5O2. The van der Waals surface area contributed by atoms with Crippen LogP contribution in [0.4, 0.5) is 11.4 Å². The molecule has 1 atom stereocenters. The summed E-state index contributed by atoms with van der Waals surface area (Å²) in [6, 6.07) is 5.66. The number of nitrogens with zero attached hydrogens (tertiary/aromatic N) is 2. The quantitative estimate of drug-likeness (QED) is 0.164. The van der Waals surface area contributed by atoms with Crippen molar-refractivity contribution in [2.24, 2.45) is 17.7 Å². The summed E-state index contributed by atoms with van der Waals surface area (Å²) in [6.45, 7) is 5.65. The van der Waals surface area contributed by atoms with Crippen molar-refractivity contribution in [2.45, 2.75) is 38.7 Å². The lowest BCUT2D eigenvalue weighted by molar-refractivity contribution is -0.0250. The summed E-state index contributed by atoms with van der Waals surface area (Å²) < 4.78 is 11.3. The van der Waals surface area contributed by atoms with Crippen molar-refractivity contribution in [2.75, 3.05) is 44.0 Å². The molecule has 5 N–H and O–H groups in total. The van der Waals surface area contributed by atoms with Crippen LogP contribution in [0.5, 0.6) is 5.75 Å². The molecule has 29 heavy (non-hydrogen) atoms. The molecule has 2 fully saturated rings. The second-order valence-electron chi connectivity index (χ2n) is 8.30. The number of nitrogens with one attached hydrogen (secondary N) is 1. The Bertz CT molecular complexity index is 713. The van der Waals surface area contributed by atoms with Gasteiger partial charge >= 0.3 is 0 Å². The van der Waals surface area contributed by atoms with E-state index in [1.54, 1.807) is 12.1 Å². The number of likely N-dealkylation sites (tertiary alicyclic amines) is 1. The van der Waals surface area contributed by atoms with Crippen LogP contribution in [0.25, 0.3) is 0 Å². The predicted octanol–water partition coefficient (Wildman–Crippen LogP) is 3.02. The zero-order chi connectivity index (χ0) is 20.8. The number of rotatable bonds is 12. The van der Waals surface area contributed by atoms with E-state index in [1.165, 1.54) is 24.6 Å². The topological polar surface area (TPSA) is 101 Å². The van der Waals surface area contributed by atoms with E-state index in [9.17, 15) is 0 Å². The van der Waals surface area contributed by atoms with Gasteiger partial charge in [-0.2, -0.15) is 0 Å². The molecule has 2 aliphatic rings. The van der Waals surface area contributed by atoms with Crippen molar-refractivity contribution in [3.63, 3.8) is 0 Å². The minimum Gasteiger partial charge on any atom is -0.465 e. The van der Waals surface area contributed by atoms with Crippen molar-refractivity contribution in [1.82, 2.24) is 4.90 Å². The minimum absolute atomic E-state index is 0.227. The number of nitrogen functional groups attached to an aromatic ring is 1. The van der Waals surface area contributed by atoms with Crippen LogP contribution >= 0.6 is 0 Å². The first-order valence-corrected chi connectivity index (χ1v) is 10.5. The molecule has 3 rings (SSSR count). The van der Waals surface area contributed by atoms with Gasteiger partial charge in [0.2, 0.25) is 0 Å². The highest BCUT2D eigenvalue weighted by Crippen LogP contribution is 2.33. The number of hydrazine groups is 1. The van der Waals surface area contributed by atoms with Gasteiger partial charge in [0.05, 0.1) is 23.7 Å². The molecule has 0 amide bonds. The average Bonchev–Trinajstić information content (AvgIpc) is 3.49. The summed E-state index contributed by atoms with van der Waals surface area (Å²) in [6.07, 6.45) is 7.94. The van der Waals surface area contributed by atoms with Crippen LogP contribution in [-0.2, 0) is 4.74 Å². The molecule has 0 bridgehead atoms. The van der Waals surface area contributed by atoms with E-state index < -0.39 is 0 Å². The summed E-state index contributed by atoms with van der Waals surface area (Å²) in [7, 11) is 1.76. The first-order chi connectivity index (χ1) is 14.0. The average molecular weight is 402 g/mol. The van der Waals surface area contributed by atoms with Crippen LogP contribution in [0.2, 0.25) is 0 Å². The minimum atomic E-state index is 0.227. The fraction of sp³-hybridized carbons (Fsp3) is 0.591. The van der Waals surface area contributed by atoms with Crippen molar-refractivity contribution in [3.05, 3.63) is 30.0 Å². The third-order valence-electron chi connectivity index (χ3n) is 5.79. The number of benzene rings is 1. The maximum Gasteiger partial charge on any atom is 0.128 e. The van der Waals surface area contributed by atoms with E-state index >= 15 is 0 Å².